The van der Waals surface area contributed by atoms with Crippen LogP contribution in [0.15, 0.2) is 49.0 Å². The van der Waals surface area contributed by atoms with E-state index in [2.05, 4.69) is 81.6 Å². The highest BCUT2D eigenvalue weighted by molar-refractivity contribution is 5.84. The molecule has 1 heterocycles. The van der Waals surface area contributed by atoms with Gasteiger partial charge >= 0.3 is 0 Å². The summed E-state index contributed by atoms with van der Waals surface area (Å²) in [6.45, 7) is 16.5. The molecular formula is C31H43N. The second-order valence-corrected chi connectivity index (χ2v) is 10.7. The molecule has 2 aliphatic rings. The first kappa shape index (κ1) is 23.3. The van der Waals surface area contributed by atoms with Crippen molar-refractivity contribution >= 4 is 5.57 Å². The minimum Gasteiger partial charge on any atom is -0.294 e. The van der Waals surface area contributed by atoms with Crippen LogP contribution in [-0.4, -0.2) is 23.5 Å². The van der Waals surface area contributed by atoms with Gasteiger partial charge in [-0.25, -0.2) is 0 Å². The fourth-order valence-electron chi connectivity index (χ4n) is 6.26. The average Bonchev–Trinajstić information content (AvgIpc) is 3.11. The fourth-order valence-corrected chi connectivity index (χ4v) is 6.26. The fraction of sp³-hybridized carbons (Fsp3) is 0.548. The first-order chi connectivity index (χ1) is 15.5. The van der Waals surface area contributed by atoms with Crippen molar-refractivity contribution in [2.24, 2.45) is 0 Å². The highest BCUT2D eigenvalue weighted by Gasteiger charge is 2.42. The molecule has 0 bridgehead atoms. The maximum absolute atomic E-state index is 4.68. The lowest BCUT2D eigenvalue weighted by atomic mass is 9.70. The van der Waals surface area contributed by atoms with Crippen LogP contribution in [0.2, 0.25) is 0 Å². The molecule has 32 heavy (non-hydrogen) atoms. The lowest BCUT2D eigenvalue weighted by Gasteiger charge is -2.42. The summed E-state index contributed by atoms with van der Waals surface area (Å²) in [7, 11) is 0. The lowest BCUT2D eigenvalue weighted by Crippen LogP contribution is -2.47. The van der Waals surface area contributed by atoms with Gasteiger partial charge in [0.2, 0.25) is 0 Å². The van der Waals surface area contributed by atoms with E-state index in [4.69, 9.17) is 0 Å². The Kier molecular flexibility index (Phi) is 6.96. The molecule has 0 atom stereocenters. The van der Waals surface area contributed by atoms with E-state index in [0.29, 0.717) is 0 Å². The van der Waals surface area contributed by atoms with Crippen LogP contribution in [0.1, 0.15) is 102 Å². The monoisotopic (exact) mass is 429 g/mol. The van der Waals surface area contributed by atoms with E-state index in [1.54, 1.807) is 11.1 Å². The summed E-state index contributed by atoms with van der Waals surface area (Å²) < 4.78 is 0. The molecule has 1 fully saturated rings. The highest BCUT2D eigenvalue weighted by atomic mass is 15.2. The van der Waals surface area contributed by atoms with Gasteiger partial charge < -0.3 is 0 Å². The number of piperidine rings is 1. The van der Waals surface area contributed by atoms with Gasteiger partial charge in [-0.3, -0.25) is 4.90 Å². The van der Waals surface area contributed by atoms with Crippen LogP contribution in [0, 0.1) is 0 Å². The third kappa shape index (κ3) is 3.98. The normalized spacial score (nSPS) is 17.8. The number of rotatable bonds is 9. The predicted molar refractivity (Wildman–Crippen MR) is 140 cm³/mol. The van der Waals surface area contributed by atoms with Crippen LogP contribution in [0.3, 0.4) is 0 Å². The molecule has 172 valence electrons. The van der Waals surface area contributed by atoms with Crippen LogP contribution < -0.4 is 0 Å². The number of hydrogen-bond acceptors (Lipinski definition) is 1. The number of benzene rings is 2. The zero-order chi connectivity index (χ0) is 22.8. The molecule has 0 N–H and O–H groups in total. The summed E-state index contributed by atoms with van der Waals surface area (Å²) in [6, 6.07) is 16.5. The maximum atomic E-state index is 4.68. The van der Waals surface area contributed by atoms with Gasteiger partial charge in [-0.1, -0.05) is 88.9 Å². The number of nitrogens with zero attached hydrogens (tertiary/aromatic N) is 1. The number of likely N-dealkylation sites (tertiary alicyclic amines) is 1. The molecule has 2 aromatic rings. The lowest BCUT2D eigenvalue weighted by molar-refractivity contribution is 0.140. The molecule has 0 spiro atoms. The van der Waals surface area contributed by atoms with Crippen LogP contribution >= 0.6 is 0 Å². The van der Waals surface area contributed by atoms with Crippen molar-refractivity contribution in [2.75, 3.05) is 13.1 Å². The summed E-state index contributed by atoms with van der Waals surface area (Å²) >= 11 is 0. The summed E-state index contributed by atoms with van der Waals surface area (Å²) in [5.41, 5.74) is 8.81. The van der Waals surface area contributed by atoms with Crippen molar-refractivity contribution in [1.29, 1.82) is 0 Å². The summed E-state index contributed by atoms with van der Waals surface area (Å²) in [4.78, 5) is 2.65. The van der Waals surface area contributed by atoms with Crippen molar-refractivity contribution in [3.8, 4) is 11.1 Å². The van der Waals surface area contributed by atoms with E-state index < -0.39 is 0 Å². The molecule has 2 aromatic carbocycles. The van der Waals surface area contributed by atoms with Gasteiger partial charge in [0.15, 0.2) is 0 Å². The van der Waals surface area contributed by atoms with Crippen LogP contribution in [0.4, 0.5) is 0 Å². The Morgan fingerprint density at radius 1 is 0.875 bits per heavy atom. The van der Waals surface area contributed by atoms with Crippen molar-refractivity contribution in [1.82, 2.24) is 4.90 Å². The predicted octanol–water partition coefficient (Wildman–Crippen LogP) is 8.61. The second-order valence-electron chi connectivity index (χ2n) is 10.7. The average molecular weight is 430 g/mol. The molecule has 0 saturated carbocycles. The van der Waals surface area contributed by atoms with E-state index in [1.165, 1.54) is 93.1 Å². The quantitative estimate of drug-likeness (QED) is 0.385. The third-order valence-corrected chi connectivity index (χ3v) is 8.42. The van der Waals surface area contributed by atoms with Crippen LogP contribution in [0.25, 0.3) is 16.7 Å². The van der Waals surface area contributed by atoms with Crippen molar-refractivity contribution in [3.63, 3.8) is 0 Å². The molecule has 1 heteroatoms. The molecule has 1 saturated heterocycles. The second kappa shape index (κ2) is 9.56. The van der Waals surface area contributed by atoms with Crippen molar-refractivity contribution in [2.45, 2.75) is 96.4 Å². The Balaban J connectivity index is 1.78. The maximum Gasteiger partial charge on any atom is 0.0404 e. The molecule has 0 radical (unpaired) electrons. The largest absolute Gasteiger partial charge is 0.294 e. The molecule has 0 unspecified atom stereocenters. The van der Waals surface area contributed by atoms with Crippen molar-refractivity contribution < 1.29 is 0 Å². The zero-order valence-electron chi connectivity index (χ0n) is 21.0. The zero-order valence-corrected chi connectivity index (χ0v) is 21.0. The van der Waals surface area contributed by atoms with Gasteiger partial charge in [0, 0.05) is 11.0 Å². The van der Waals surface area contributed by atoms with Gasteiger partial charge in [-0.15, -0.1) is 0 Å². The van der Waals surface area contributed by atoms with Gasteiger partial charge in [0.25, 0.3) is 0 Å². The minimum absolute atomic E-state index is 0.00436. The minimum atomic E-state index is -0.00436. The molecule has 1 nitrogen and oxygen atoms in total. The molecule has 1 aliphatic heterocycles. The summed E-state index contributed by atoms with van der Waals surface area (Å²) in [6.07, 6.45) is 11.6. The van der Waals surface area contributed by atoms with E-state index >= 15 is 0 Å². The Labute approximate surface area is 196 Å². The Morgan fingerprint density at radius 2 is 1.50 bits per heavy atom. The highest BCUT2D eigenvalue weighted by Crippen LogP contribution is 2.54. The smallest absolute Gasteiger partial charge is 0.0404 e. The Morgan fingerprint density at radius 3 is 2.16 bits per heavy atom. The molecular weight excluding hydrogens is 386 g/mol. The van der Waals surface area contributed by atoms with E-state index in [1.807, 2.05) is 0 Å². The third-order valence-electron chi connectivity index (χ3n) is 8.42. The first-order valence-corrected chi connectivity index (χ1v) is 13.1. The van der Waals surface area contributed by atoms with Gasteiger partial charge in [0.1, 0.15) is 0 Å². The van der Waals surface area contributed by atoms with Gasteiger partial charge in [-0.2, -0.15) is 0 Å². The molecule has 4 rings (SSSR count). The van der Waals surface area contributed by atoms with Crippen LogP contribution in [0.5, 0.6) is 0 Å². The Hall–Kier alpha value is -1.86. The molecule has 1 aliphatic carbocycles. The van der Waals surface area contributed by atoms with E-state index in [0.717, 1.165) is 0 Å². The number of hydrogen-bond donors (Lipinski definition) is 0. The van der Waals surface area contributed by atoms with Crippen LogP contribution in [-0.2, 0) is 5.41 Å². The molecule has 0 aromatic heterocycles. The van der Waals surface area contributed by atoms with Gasteiger partial charge in [-0.05, 0) is 92.1 Å². The summed E-state index contributed by atoms with van der Waals surface area (Å²) in [5, 5.41) is 0. The topological polar surface area (TPSA) is 3.24 Å². The summed E-state index contributed by atoms with van der Waals surface area (Å²) in [5.74, 6) is 0. The van der Waals surface area contributed by atoms with E-state index in [9.17, 15) is 0 Å². The van der Waals surface area contributed by atoms with Gasteiger partial charge in [0.05, 0.1) is 0 Å². The van der Waals surface area contributed by atoms with Crippen molar-refractivity contribution in [3.05, 3.63) is 65.7 Å². The number of fused-ring (bicyclic) bond motifs is 3. The number of unbranched alkanes of at least 4 members (excludes halogenated alkanes) is 2. The van der Waals surface area contributed by atoms with E-state index in [-0.39, 0.29) is 11.0 Å². The molecule has 0 amide bonds. The SMILES string of the molecule is C=C(c1ccc2c(c1)C(CCCC)(CCCC)c1ccccc1-2)C(C)(C)N1CCCCC1. The first-order valence-electron chi connectivity index (χ1n) is 13.1. The standard InChI is InChI=1S/C31H43N/c1-6-8-19-31(20-9-7-2)28-16-12-11-15-26(28)27-18-17-25(23-29(27)31)24(3)30(4,5)32-21-13-10-14-22-32/h11-12,15-18,23H,3,6-10,13-14,19-22H2,1-2,4-5H3. The Bertz CT molecular complexity index is 937.